The number of benzene rings is 1. The maximum Gasteiger partial charge on any atom is 0.342 e. The molecule has 0 aliphatic carbocycles. The van der Waals surface area contributed by atoms with Gasteiger partial charge in [0.25, 0.3) is 5.69 Å². The van der Waals surface area contributed by atoms with Gasteiger partial charge in [-0.1, -0.05) is 18.7 Å². The molecule has 0 aromatic heterocycles. The van der Waals surface area contributed by atoms with Gasteiger partial charge < -0.3 is 5.11 Å². The summed E-state index contributed by atoms with van der Waals surface area (Å²) in [7, 11) is 0. The zero-order valence-corrected chi connectivity index (χ0v) is 7.14. The Labute approximate surface area is 79.4 Å². The van der Waals surface area contributed by atoms with Crippen molar-refractivity contribution in [1.29, 1.82) is 0 Å². The molecule has 5 heteroatoms. The van der Waals surface area contributed by atoms with E-state index in [9.17, 15) is 14.9 Å². The quantitative estimate of drug-likeness (QED) is 0.587. The predicted molar refractivity (Wildman–Crippen MR) is 50.1 cm³/mol. The van der Waals surface area contributed by atoms with Gasteiger partial charge in [-0.25, -0.2) is 4.79 Å². The highest BCUT2D eigenvalue weighted by atomic mass is 16.6. The summed E-state index contributed by atoms with van der Waals surface area (Å²) in [6.45, 7) is 3.38. The van der Waals surface area contributed by atoms with E-state index in [1.807, 2.05) is 0 Å². The van der Waals surface area contributed by atoms with Crippen molar-refractivity contribution < 1.29 is 14.8 Å². The molecule has 0 aliphatic heterocycles. The Balaban J connectivity index is 3.51. The van der Waals surface area contributed by atoms with Crippen LogP contribution in [0.15, 0.2) is 24.8 Å². The molecule has 0 bridgehead atoms. The van der Waals surface area contributed by atoms with E-state index in [2.05, 4.69) is 6.58 Å². The first-order valence-corrected chi connectivity index (χ1v) is 3.71. The van der Waals surface area contributed by atoms with Crippen LogP contribution in [0.25, 0.3) is 6.08 Å². The summed E-state index contributed by atoms with van der Waals surface area (Å²) >= 11 is 0. The number of carbonyl (C=O) groups is 1. The Hall–Kier alpha value is -2.17. The lowest BCUT2D eigenvalue weighted by molar-refractivity contribution is -0.385. The zero-order chi connectivity index (χ0) is 10.7. The normalized spacial score (nSPS) is 9.43. The van der Waals surface area contributed by atoms with Gasteiger partial charge in [-0.3, -0.25) is 10.1 Å². The molecule has 0 amide bonds. The van der Waals surface area contributed by atoms with Gasteiger partial charge >= 0.3 is 5.97 Å². The second kappa shape index (κ2) is 3.69. The molecule has 0 saturated carbocycles. The van der Waals surface area contributed by atoms with E-state index in [1.54, 1.807) is 0 Å². The summed E-state index contributed by atoms with van der Waals surface area (Å²) in [5.41, 5.74) is -0.544. The number of nitro groups is 1. The number of carboxylic acid groups (broad SMARTS) is 1. The van der Waals surface area contributed by atoms with Gasteiger partial charge in [0.1, 0.15) is 5.56 Å². The molecule has 0 atom stereocenters. The van der Waals surface area contributed by atoms with Crippen LogP contribution in [0.4, 0.5) is 5.69 Å². The average Bonchev–Trinajstić information content (AvgIpc) is 2.16. The van der Waals surface area contributed by atoms with Crippen molar-refractivity contribution in [1.82, 2.24) is 0 Å². The van der Waals surface area contributed by atoms with Gasteiger partial charge in [-0.05, 0) is 12.1 Å². The molecule has 1 rings (SSSR count). The highest BCUT2D eigenvalue weighted by Gasteiger charge is 2.22. The predicted octanol–water partition coefficient (Wildman–Crippen LogP) is 1.94. The summed E-state index contributed by atoms with van der Waals surface area (Å²) in [6.07, 6.45) is 1.25. The molecule has 0 fully saturated rings. The Bertz CT molecular complexity index is 411. The molecule has 0 radical (unpaired) electrons. The van der Waals surface area contributed by atoms with Crippen LogP contribution in [0.2, 0.25) is 0 Å². The molecular formula is C9H7NO4. The van der Waals surface area contributed by atoms with Crippen LogP contribution in [-0.2, 0) is 0 Å². The van der Waals surface area contributed by atoms with Crippen molar-refractivity contribution >= 4 is 17.7 Å². The Kier molecular flexibility index (Phi) is 2.62. The van der Waals surface area contributed by atoms with Crippen molar-refractivity contribution in [2.75, 3.05) is 0 Å². The van der Waals surface area contributed by atoms with Crippen molar-refractivity contribution in [3.8, 4) is 0 Å². The third kappa shape index (κ3) is 1.61. The van der Waals surface area contributed by atoms with Gasteiger partial charge in [0.15, 0.2) is 0 Å². The van der Waals surface area contributed by atoms with Crippen molar-refractivity contribution in [3.05, 3.63) is 46.0 Å². The largest absolute Gasteiger partial charge is 0.477 e. The fourth-order valence-electron chi connectivity index (χ4n) is 1.10. The second-order valence-electron chi connectivity index (χ2n) is 2.51. The lowest BCUT2D eigenvalue weighted by Gasteiger charge is -2.00. The zero-order valence-electron chi connectivity index (χ0n) is 7.14. The third-order valence-electron chi connectivity index (χ3n) is 1.70. The van der Waals surface area contributed by atoms with Crippen LogP contribution in [0, 0.1) is 10.1 Å². The van der Waals surface area contributed by atoms with Crippen LogP contribution in [0.1, 0.15) is 15.9 Å². The molecule has 0 spiro atoms. The van der Waals surface area contributed by atoms with E-state index >= 15 is 0 Å². The average molecular weight is 193 g/mol. The maximum absolute atomic E-state index is 10.7. The number of rotatable bonds is 3. The van der Waals surface area contributed by atoms with Crippen LogP contribution >= 0.6 is 0 Å². The highest BCUT2D eigenvalue weighted by molar-refractivity contribution is 5.94. The molecule has 0 heterocycles. The van der Waals surface area contributed by atoms with E-state index in [-0.39, 0.29) is 11.1 Å². The molecule has 14 heavy (non-hydrogen) atoms. The lowest BCUT2D eigenvalue weighted by Crippen LogP contribution is -2.03. The minimum absolute atomic E-state index is 0.204. The van der Waals surface area contributed by atoms with Gasteiger partial charge in [-0.15, -0.1) is 0 Å². The number of aromatic carboxylic acids is 1. The standard InChI is InChI=1S/C9H7NO4/c1-2-6-4-3-5-7(9(11)12)8(6)10(13)14/h2-5H,1H2,(H,11,12). The van der Waals surface area contributed by atoms with Gasteiger partial charge in [0, 0.05) is 0 Å². The third-order valence-corrected chi connectivity index (χ3v) is 1.70. The molecule has 72 valence electrons. The van der Waals surface area contributed by atoms with Gasteiger partial charge in [-0.2, -0.15) is 0 Å². The number of nitrogens with zero attached hydrogens (tertiary/aromatic N) is 1. The van der Waals surface area contributed by atoms with Crippen LogP contribution < -0.4 is 0 Å². The fourth-order valence-corrected chi connectivity index (χ4v) is 1.10. The molecule has 0 unspecified atom stereocenters. The summed E-state index contributed by atoms with van der Waals surface area (Å²) in [6, 6.07) is 4.07. The minimum Gasteiger partial charge on any atom is -0.477 e. The lowest BCUT2D eigenvalue weighted by atomic mass is 10.1. The van der Waals surface area contributed by atoms with Crippen LogP contribution in [0.3, 0.4) is 0 Å². The smallest absolute Gasteiger partial charge is 0.342 e. The van der Waals surface area contributed by atoms with E-state index in [0.717, 1.165) is 0 Å². The first-order valence-electron chi connectivity index (χ1n) is 3.71. The Morgan fingerprint density at radius 3 is 2.64 bits per heavy atom. The van der Waals surface area contributed by atoms with E-state index in [1.165, 1.54) is 24.3 Å². The molecule has 1 aromatic rings. The molecule has 1 aromatic carbocycles. The van der Waals surface area contributed by atoms with E-state index < -0.39 is 16.6 Å². The van der Waals surface area contributed by atoms with E-state index in [4.69, 9.17) is 5.11 Å². The number of para-hydroxylation sites is 1. The monoisotopic (exact) mass is 193 g/mol. The number of carboxylic acids is 1. The Morgan fingerprint density at radius 1 is 1.57 bits per heavy atom. The van der Waals surface area contributed by atoms with Crippen molar-refractivity contribution in [2.24, 2.45) is 0 Å². The van der Waals surface area contributed by atoms with Gasteiger partial charge in [0.05, 0.1) is 10.5 Å². The Morgan fingerprint density at radius 2 is 2.21 bits per heavy atom. The van der Waals surface area contributed by atoms with E-state index in [0.29, 0.717) is 0 Å². The van der Waals surface area contributed by atoms with Crippen molar-refractivity contribution in [2.45, 2.75) is 0 Å². The first kappa shape index (κ1) is 9.91. The number of hydrogen-bond donors (Lipinski definition) is 1. The molecule has 0 saturated heterocycles. The number of hydrogen-bond acceptors (Lipinski definition) is 3. The highest BCUT2D eigenvalue weighted by Crippen LogP contribution is 2.24. The molecule has 1 N–H and O–H groups in total. The second-order valence-corrected chi connectivity index (χ2v) is 2.51. The van der Waals surface area contributed by atoms with Crippen LogP contribution in [-0.4, -0.2) is 16.0 Å². The SMILES string of the molecule is C=Cc1cccc(C(=O)O)c1[N+](=O)[O-]. The maximum atomic E-state index is 10.7. The topological polar surface area (TPSA) is 80.4 Å². The summed E-state index contributed by atoms with van der Waals surface area (Å²) < 4.78 is 0. The summed E-state index contributed by atoms with van der Waals surface area (Å²) in [5, 5.41) is 19.3. The number of nitro benzene ring substituents is 1. The molecular weight excluding hydrogens is 186 g/mol. The summed E-state index contributed by atoms with van der Waals surface area (Å²) in [4.78, 5) is 20.5. The fraction of sp³-hybridized carbons (Fsp3) is 0. The summed E-state index contributed by atoms with van der Waals surface area (Å²) in [5.74, 6) is -1.32. The molecule has 5 nitrogen and oxygen atoms in total. The minimum atomic E-state index is -1.32. The first-order chi connectivity index (χ1) is 6.57. The van der Waals surface area contributed by atoms with Crippen LogP contribution in [0.5, 0.6) is 0 Å². The molecule has 0 aliphatic rings. The van der Waals surface area contributed by atoms with Gasteiger partial charge in [0.2, 0.25) is 0 Å². The van der Waals surface area contributed by atoms with Crippen molar-refractivity contribution in [3.63, 3.8) is 0 Å².